The van der Waals surface area contributed by atoms with Gasteiger partial charge in [-0.1, -0.05) is 11.6 Å². The van der Waals surface area contributed by atoms with Crippen LogP contribution in [0.1, 0.15) is 22.5 Å². The van der Waals surface area contributed by atoms with Crippen LogP contribution in [0.5, 0.6) is 0 Å². The molecule has 2 rings (SSSR count). The van der Waals surface area contributed by atoms with Crippen molar-refractivity contribution in [1.29, 1.82) is 0 Å². The van der Waals surface area contributed by atoms with Gasteiger partial charge in [0.05, 0.1) is 19.4 Å². The number of hydrogen-bond donors (Lipinski definition) is 2. The van der Waals surface area contributed by atoms with Gasteiger partial charge in [-0.25, -0.2) is 0 Å². The third kappa shape index (κ3) is 6.25. The Morgan fingerprint density at radius 1 is 1.12 bits per heavy atom. The topological polar surface area (TPSA) is 91.7 Å². The fraction of sp³-hybridized carbons (Fsp3) is 0.278. The Morgan fingerprint density at radius 2 is 1.85 bits per heavy atom. The molecule has 1 aromatic heterocycles. The molecule has 0 bridgehead atoms. The number of nitrogens with zero attached hydrogens (tertiary/aromatic N) is 1. The molecular weight excluding hydrogens is 358 g/mol. The first-order chi connectivity index (χ1) is 12.5. The molecule has 0 aliphatic heterocycles. The second-order valence-electron chi connectivity index (χ2n) is 5.62. The molecule has 0 radical (unpaired) electrons. The molecule has 1 aromatic carbocycles. The molecule has 0 saturated carbocycles. The van der Waals surface area contributed by atoms with E-state index in [1.807, 2.05) is 0 Å². The Morgan fingerprint density at radius 3 is 2.50 bits per heavy atom. The van der Waals surface area contributed by atoms with Gasteiger partial charge in [0.15, 0.2) is 0 Å². The van der Waals surface area contributed by atoms with Crippen molar-refractivity contribution in [2.75, 3.05) is 20.1 Å². The van der Waals surface area contributed by atoms with Crippen LogP contribution < -0.4 is 10.6 Å². The van der Waals surface area contributed by atoms with E-state index in [-0.39, 0.29) is 43.8 Å². The van der Waals surface area contributed by atoms with Gasteiger partial charge in [0, 0.05) is 30.6 Å². The fourth-order valence-electron chi connectivity index (χ4n) is 2.14. The third-order valence-electron chi connectivity index (χ3n) is 3.58. The van der Waals surface area contributed by atoms with Gasteiger partial charge in [0.2, 0.25) is 11.8 Å². The smallest absolute Gasteiger partial charge is 0.251 e. The van der Waals surface area contributed by atoms with Crippen molar-refractivity contribution >= 4 is 29.3 Å². The average molecular weight is 378 g/mol. The predicted octanol–water partition coefficient (Wildman–Crippen LogP) is 1.83. The number of halogens is 1. The van der Waals surface area contributed by atoms with Crippen LogP contribution in [-0.4, -0.2) is 42.8 Å². The Labute approximate surface area is 156 Å². The lowest BCUT2D eigenvalue weighted by molar-refractivity contribution is -0.134. The number of hydrogen-bond acceptors (Lipinski definition) is 4. The van der Waals surface area contributed by atoms with Crippen LogP contribution in [0, 0.1) is 0 Å². The first-order valence-corrected chi connectivity index (χ1v) is 8.40. The predicted molar refractivity (Wildman–Crippen MR) is 96.6 cm³/mol. The maximum atomic E-state index is 12.0. The summed E-state index contributed by atoms with van der Waals surface area (Å²) in [5.41, 5.74) is 0.465. The Kier molecular flexibility index (Phi) is 7.23. The molecule has 3 amide bonds. The third-order valence-corrected chi connectivity index (χ3v) is 3.83. The molecular formula is C18H20ClN3O4. The van der Waals surface area contributed by atoms with Gasteiger partial charge in [0.25, 0.3) is 5.91 Å². The van der Waals surface area contributed by atoms with Gasteiger partial charge in [-0.05, 0) is 36.4 Å². The van der Waals surface area contributed by atoms with E-state index in [2.05, 4.69) is 10.6 Å². The number of rotatable bonds is 8. The van der Waals surface area contributed by atoms with E-state index in [1.165, 1.54) is 18.2 Å². The van der Waals surface area contributed by atoms with Crippen LogP contribution >= 0.6 is 11.6 Å². The molecule has 2 N–H and O–H groups in total. The number of amides is 3. The van der Waals surface area contributed by atoms with Crippen LogP contribution in [0.3, 0.4) is 0 Å². The van der Waals surface area contributed by atoms with Gasteiger partial charge in [0.1, 0.15) is 5.76 Å². The van der Waals surface area contributed by atoms with Crippen molar-refractivity contribution in [2.45, 2.75) is 13.0 Å². The van der Waals surface area contributed by atoms with E-state index in [1.54, 1.807) is 36.4 Å². The molecule has 7 nitrogen and oxygen atoms in total. The van der Waals surface area contributed by atoms with E-state index in [4.69, 9.17) is 16.0 Å². The molecule has 138 valence electrons. The van der Waals surface area contributed by atoms with Gasteiger partial charge >= 0.3 is 0 Å². The molecule has 0 aliphatic carbocycles. The summed E-state index contributed by atoms with van der Waals surface area (Å²) in [6.07, 6.45) is 1.62. The van der Waals surface area contributed by atoms with Crippen LogP contribution in [0.15, 0.2) is 47.1 Å². The molecule has 26 heavy (non-hydrogen) atoms. The van der Waals surface area contributed by atoms with E-state index in [0.29, 0.717) is 16.3 Å². The summed E-state index contributed by atoms with van der Waals surface area (Å²) >= 11 is 5.77. The molecule has 0 unspecified atom stereocenters. The number of carbonyl (C=O) groups is 3. The van der Waals surface area contributed by atoms with Crippen molar-refractivity contribution in [2.24, 2.45) is 0 Å². The van der Waals surface area contributed by atoms with E-state index in [0.717, 1.165) is 0 Å². The molecule has 0 fully saturated rings. The molecule has 0 spiro atoms. The lowest BCUT2D eigenvalue weighted by Crippen LogP contribution is -2.39. The van der Waals surface area contributed by atoms with E-state index < -0.39 is 0 Å². The largest absolute Gasteiger partial charge is 0.467 e. The summed E-state index contributed by atoms with van der Waals surface area (Å²) in [5, 5.41) is 5.87. The number of likely N-dealkylation sites (N-methyl/N-ethyl adjacent to an activating group) is 1. The quantitative estimate of drug-likeness (QED) is 0.734. The van der Waals surface area contributed by atoms with Crippen molar-refractivity contribution in [1.82, 2.24) is 15.5 Å². The Balaban J connectivity index is 1.67. The van der Waals surface area contributed by atoms with Crippen molar-refractivity contribution in [3.63, 3.8) is 0 Å². The van der Waals surface area contributed by atoms with Crippen LogP contribution in [0.25, 0.3) is 0 Å². The minimum absolute atomic E-state index is 0.0648. The van der Waals surface area contributed by atoms with Gasteiger partial charge < -0.3 is 20.0 Å². The number of benzene rings is 1. The summed E-state index contributed by atoms with van der Waals surface area (Å²) in [7, 11) is 1.54. The van der Waals surface area contributed by atoms with Crippen LogP contribution in [-0.2, 0) is 16.1 Å². The fourth-order valence-corrected chi connectivity index (χ4v) is 2.26. The zero-order valence-electron chi connectivity index (χ0n) is 14.3. The Hall–Kier alpha value is -2.80. The highest BCUT2D eigenvalue weighted by Crippen LogP contribution is 2.09. The lowest BCUT2D eigenvalue weighted by Gasteiger charge is -2.16. The van der Waals surface area contributed by atoms with Gasteiger partial charge in [-0.3, -0.25) is 14.4 Å². The second kappa shape index (κ2) is 9.62. The monoisotopic (exact) mass is 377 g/mol. The number of nitrogens with one attached hydrogen (secondary N) is 2. The zero-order valence-corrected chi connectivity index (χ0v) is 15.1. The molecule has 0 saturated heterocycles. The highest BCUT2D eigenvalue weighted by Gasteiger charge is 2.13. The minimum atomic E-state index is -0.289. The Bertz CT molecular complexity index is 744. The summed E-state index contributed by atoms with van der Waals surface area (Å²) in [5.74, 6) is -0.178. The van der Waals surface area contributed by atoms with Crippen molar-refractivity contribution in [3.8, 4) is 0 Å². The van der Waals surface area contributed by atoms with Crippen molar-refractivity contribution < 1.29 is 18.8 Å². The number of carbonyl (C=O) groups excluding carboxylic acids is 3. The molecule has 2 aromatic rings. The van der Waals surface area contributed by atoms with Crippen molar-refractivity contribution in [3.05, 3.63) is 59.0 Å². The standard InChI is InChI=1S/C18H20ClN3O4/c1-22(12-16(23)21-11-15-3-2-10-26-15)17(24)8-9-20-18(25)13-4-6-14(19)7-5-13/h2-7,10H,8-9,11-12H2,1H3,(H,20,25)(H,21,23). The van der Waals surface area contributed by atoms with E-state index >= 15 is 0 Å². The summed E-state index contributed by atoms with van der Waals surface area (Å²) in [4.78, 5) is 37.1. The lowest BCUT2D eigenvalue weighted by atomic mass is 10.2. The van der Waals surface area contributed by atoms with Gasteiger partial charge in [-0.15, -0.1) is 0 Å². The van der Waals surface area contributed by atoms with Gasteiger partial charge in [-0.2, -0.15) is 0 Å². The minimum Gasteiger partial charge on any atom is -0.467 e. The maximum Gasteiger partial charge on any atom is 0.251 e. The molecule has 0 atom stereocenters. The molecule has 1 heterocycles. The molecule has 8 heteroatoms. The van der Waals surface area contributed by atoms with E-state index in [9.17, 15) is 14.4 Å². The normalized spacial score (nSPS) is 10.2. The first kappa shape index (κ1) is 19.5. The average Bonchev–Trinajstić information content (AvgIpc) is 3.14. The summed E-state index contributed by atoms with van der Waals surface area (Å²) in [6, 6.07) is 9.94. The first-order valence-electron chi connectivity index (χ1n) is 8.02. The number of furan rings is 1. The highest BCUT2D eigenvalue weighted by molar-refractivity contribution is 6.30. The maximum absolute atomic E-state index is 12.0. The summed E-state index contributed by atoms with van der Waals surface area (Å²) in [6.45, 7) is 0.383. The highest BCUT2D eigenvalue weighted by atomic mass is 35.5. The van der Waals surface area contributed by atoms with Crippen LogP contribution in [0.2, 0.25) is 5.02 Å². The zero-order chi connectivity index (χ0) is 18.9. The summed E-state index contributed by atoms with van der Waals surface area (Å²) < 4.78 is 5.11. The van der Waals surface area contributed by atoms with Crippen LogP contribution in [0.4, 0.5) is 0 Å². The molecule has 0 aliphatic rings. The SMILES string of the molecule is CN(CC(=O)NCc1ccco1)C(=O)CCNC(=O)c1ccc(Cl)cc1. The second-order valence-corrected chi connectivity index (χ2v) is 6.06.